The Morgan fingerprint density at radius 1 is 1.03 bits per heavy atom. The molecule has 0 atom stereocenters. The Labute approximate surface area is 171 Å². The molecule has 3 rings (SSSR count). The quantitative estimate of drug-likeness (QED) is 0.777. The summed E-state index contributed by atoms with van der Waals surface area (Å²) in [6.45, 7) is 1.65. The van der Waals surface area contributed by atoms with E-state index in [0.29, 0.717) is 32.0 Å². The third-order valence-corrected chi connectivity index (χ3v) is 4.51. The molecule has 160 valence electrons. The molecule has 0 spiro atoms. The Hall–Kier alpha value is -3.07. The fourth-order valence-corrected chi connectivity index (χ4v) is 2.97. The number of para-hydroxylation sites is 1. The molecule has 0 aromatic heterocycles. The molecule has 1 N–H and O–H groups in total. The number of nitrogens with zero attached hydrogens (tertiary/aromatic N) is 1. The van der Waals surface area contributed by atoms with Gasteiger partial charge in [0.25, 0.3) is 5.91 Å². The van der Waals surface area contributed by atoms with Gasteiger partial charge in [-0.2, -0.15) is 13.2 Å². The predicted octanol–water partition coefficient (Wildman–Crippen LogP) is 3.12. The first kappa shape index (κ1) is 21.6. The number of nitrogens with one attached hydrogen (secondary N) is 1. The second kappa shape index (κ2) is 9.62. The molecule has 1 aliphatic rings. The number of hydrogen-bond donors (Lipinski definition) is 1. The van der Waals surface area contributed by atoms with E-state index in [1.807, 2.05) is 0 Å². The Morgan fingerprint density at radius 3 is 2.37 bits per heavy atom. The number of morpholine rings is 1. The van der Waals surface area contributed by atoms with Crippen LogP contribution >= 0.6 is 0 Å². The zero-order valence-electron chi connectivity index (χ0n) is 16.1. The minimum absolute atomic E-state index is 0.00631. The zero-order valence-corrected chi connectivity index (χ0v) is 16.1. The van der Waals surface area contributed by atoms with Crippen molar-refractivity contribution >= 4 is 17.5 Å². The van der Waals surface area contributed by atoms with Crippen LogP contribution in [0.5, 0.6) is 5.75 Å². The molecule has 1 saturated heterocycles. The maximum absolute atomic E-state index is 13.0. The first-order valence-corrected chi connectivity index (χ1v) is 9.36. The number of anilines is 1. The lowest BCUT2D eigenvalue weighted by Crippen LogP contribution is -2.41. The third-order valence-electron chi connectivity index (χ3n) is 4.51. The van der Waals surface area contributed by atoms with Crippen molar-refractivity contribution < 1.29 is 32.2 Å². The molecule has 2 aromatic carbocycles. The van der Waals surface area contributed by atoms with Gasteiger partial charge in [0.05, 0.1) is 25.2 Å². The highest BCUT2D eigenvalue weighted by molar-refractivity contribution is 5.92. The van der Waals surface area contributed by atoms with Gasteiger partial charge in [-0.05, 0) is 29.8 Å². The van der Waals surface area contributed by atoms with Crippen molar-refractivity contribution in [2.45, 2.75) is 12.6 Å². The van der Waals surface area contributed by atoms with E-state index in [1.54, 1.807) is 29.2 Å². The molecular formula is C21H21F3N2O4. The van der Waals surface area contributed by atoms with Gasteiger partial charge in [0.2, 0.25) is 5.91 Å². The third kappa shape index (κ3) is 5.96. The van der Waals surface area contributed by atoms with Crippen LogP contribution in [0, 0.1) is 0 Å². The molecule has 0 radical (unpaired) electrons. The van der Waals surface area contributed by atoms with Crippen molar-refractivity contribution in [3.63, 3.8) is 0 Å². The van der Waals surface area contributed by atoms with Gasteiger partial charge in [0.1, 0.15) is 5.75 Å². The SMILES string of the molecule is O=C(COc1ccccc1C(F)(F)F)Nc1ccc(CC(=O)N2CCOCC2)cc1. The van der Waals surface area contributed by atoms with Gasteiger partial charge in [0.15, 0.2) is 6.61 Å². The van der Waals surface area contributed by atoms with Crippen molar-refractivity contribution in [3.8, 4) is 5.75 Å². The number of halogens is 3. The number of benzene rings is 2. The number of carbonyl (C=O) groups is 2. The normalized spacial score (nSPS) is 14.3. The van der Waals surface area contributed by atoms with Crippen molar-refractivity contribution in [2.75, 3.05) is 38.2 Å². The number of alkyl halides is 3. The molecule has 0 bridgehead atoms. The van der Waals surface area contributed by atoms with E-state index in [4.69, 9.17) is 9.47 Å². The van der Waals surface area contributed by atoms with Crippen LogP contribution in [0.1, 0.15) is 11.1 Å². The summed E-state index contributed by atoms with van der Waals surface area (Å²) in [5.41, 5.74) is 0.308. The van der Waals surface area contributed by atoms with E-state index in [9.17, 15) is 22.8 Å². The summed E-state index contributed by atoms with van der Waals surface area (Å²) in [6, 6.07) is 11.4. The van der Waals surface area contributed by atoms with Gasteiger partial charge >= 0.3 is 6.18 Å². The summed E-state index contributed by atoms with van der Waals surface area (Å²) in [5.74, 6) is -0.993. The Morgan fingerprint density at radius 2 is 1.70 bits per heavy atom. The highest BCUT2D eigenvalue weighted by Gasteiger charge is 2.34. The molecular weight excluding hydrogens is 401 g/mol. The fourth-order valence-electron chi connectivity index (χ4n) is 2.97. The van der Waals surface area contributed by atoms with Gasteiger partial charge in [-0.1, -0.05) is 24.3 Å². The number of carbonyl (C=O) groups excluding carboxylic acids is 2. The van der Waals surface area contributed by atoms with Crippen molar-refractivity contribution in [3.05, 3.63) is 59.7 Å². The maximum Gasteiger partial charge on any atom is 0.419 e. The number of amides is 2. The Balaban J connectivity index is 1.51. The molecule has 1 aliphatic heterocycles. The van der Waals surface area contributed by atoms with Crippen LogP contribution in [0.2, 0.25) is 0 Å². The van der Waals surface area contributed by atoms with E-state index in [-0.39, 0.29) is 12.3 Å². The number of rotatable bonds is 6. The summed E-state index contributed by atoms with van der Waals surface area (Å²) >= 11 is 0. The fraction of sp³-hybridized carbons (Fsp3) is 0.333. The smallest absolute Gasteiger partial charge is 0.419 e. The van der Waals surface area contributed by atoms with Gasteiger partial charge in [-0.15, -0.1) is 0 Å². The molecule has 2 amide bonds. The highest BCUT2D eigenvalue weighted by Crippen LogP contribution is 2.35. The second-order valence-corrected chi connectivity index (χ2v) is 6.70. The topological polar surface area (TPSA) is 67.9 Å². The number of hydrogen-bond acceptors (Lipinski definition) is 4. The average molecular weight is 422 g/mol. The van der Waals surface area contributed by atoms with Crippen LogP contribution in [-0.2, 0) is 26.9 Å². The summed E-state index contributed by atoms with van der Waals surface area (Å²) in [5, 5.41) is 2.56. The first-order chi connectivity index (χ1) is 14.3. The van der Waals surface area contributed by atoms with Gasteiger partial charge in [-0.25, -0.2) is 0 Å². The second-order valence-electron chi connectivity index (χ2n) is 6.70. The van der Waals surface area contributed by atoms with Gasteiger partial charge in [-0.3, -0.25) is 9.59 Å². The summed E-state index contributed by atoms with van der Waals surface area (Å²) in [4.78, 5) is 26.0. The number of ether oxygens (including phenoxy) is 2. The molecule has 0 aliphatic carbocycles. The summed E-state index contributed by atoms with van der Waals surface area (Å²) < 4.78 is 49.1. The standard InChI is InChI=1S/C21H21F3N2O4/c22-21(23,24)17-3-1-2-4-18(17)30-14-19(27)25-16-7-5-15(6-8-16)13-20(28)26-9-11-29-12-10-26/h1-8H,9-14H2,(H,25,27). The molecule has 1 fully saturated rings. The minimum atomic E-state index is -4.57. The van der Waals surface area contributed by atoms with E-state index in [0.717, 1.165) is 17.7 Å². The summed E-state index contributed by atoms with van der Waals surface area (Å²) in [7, 11) is 0. The van der Waals surface area contributed by atoms with E-state index in [1.165, 1.54) is 12.1 Å². The highest BCUT2D eigenvalue weighted by atomic mass is 19.4. The molecule has 9 heteroatoms. The molecule has 30 heavy (non-hydrogen) atoms. The average Bonchev–Trinajstić information content (AvgIpc) is 2.74. The van der Waals surface area contributed by atoms with Crippen molar-refractivity contribution in [1.82, 2.24) is 4.90 Å². The minimum Gasteiger partial charge on any atom is -0.483 e. The van der Waals surface area contributed by atoms with Crippen molar-refractivity contribution in [1.29, 1.82) is 0 Å². The zero-order chi connectivity index (χ0) is 21.6. The van der Waals surface area contributed by atoms with Crippen LogP contribution < -0.4 is 10.1 Å². The maximum atomic E-state index is 13.0. The molecule has 6 nitrogen and oxygen atoms in total. The van der Waals surface area contributed by atoms with E-state index in [2.05, 4.69) is 5.32 Å². The van der Waals surface area contributed by atoms with Crippen LogP contribution in [0.25, 0.3) is 0 Å². The van der Waals surface area contributed by atoms with Crippen LogP contribution in [0.4, 0.5) is 18.9 Å². The Bertz CT molecular complexity index is 879. The lowest BCUT2D eigenvalue weighted by atomic mass is 10.1. The van der Waals surface area contributed by atoms with E-state index < -0.39 is 30.0 Å². The monoisotopic (exact) mass is 422 g/mol. The molecule has 0 saturated carbocycles. The lowest BCUT2D eigenvalue weighted by Gasteiger charge is -2.26. The molecule has 1 heterocycles. The van der Waals surface area contributed by atoms with Crippen LogP contribution in [0.15, 0.2) is 48.5 Å². The summed E-state index contributed by atoms with van der Waals surface area (Å²) in [6.07, 6.45) is -4.33. The molecule has 0 unspecified atom stereocenters. The van der Waals surface area contributed by atoms with Crippen LogP contribution in [-0.4, -0.2) is 49.6 Å². The molecule has 2 aromatic rings. The Kier molecular flexibility index (Phi) is 6.94. The predicted molar refractivity (Wildman–Crippen MR) is 103 cm³/mol. The van der Waals surface area contributed by atoms with Crippen LogP contribution in [0.3, 0.4) is 0 Å². The van der Waals surface area contributed by atoms with Gasteiger partial charge in [0, 0.05) is 18.8 Å². The van der Waals surface area contributed by atoms with Gasteiger partial charge < -0.3 is 19.7 Å². The first-order valence-electron chi connectivity index (χ1n) is 9.36. The lowest BCUT2D eigenvalue weighted by molar-refractivity contribution is -0.139. The largest absolute Gasteiger partial charge is 0.483 e. The van der Waals surface area contributed by atoms with E-state index >= 15 is 0 Å². The van der Waals surface area contributed by atoms with Crippen molar-refractivity contribution in [2.24, 2.45) is 0 Å².